The van der Waals surface area contributed by atoms with E-state index in [2.05, 4.69) is 42.1 Å². The quantitative estimate of drug-likeness (QED) is 0.378. The van der Waals surface area contributed by atoms with Crippen molar-refractivity contribution >= 4 is 22.9 Å². The van der Waals surface area contributed by atoms with Crippen LogP contribution in [0.2, 0.25) is 0 Å². The molecule has 1 amide bonds. The third kappa shape index (κ3) is 5.01. The van der Waals surface area contributed by atoms with Crippen LogP contribution in [-0.2, 0) is 20.1 Å². The van der Waals surface area contributed by atoms with Gasteiger partial charge in [0.2, 0.25) is 0 Å². The fourth-order valence-electron chi connectivity index (χ4n) is 5.38. The molecule has 1 aliphatic heterocycles. The zero-order chi connectivity index (χ0) is 27.1. The number of carbonyl (C=O) groups is 1. The van der Waals surface area contributed by atoms with Gasteiger partial charge in [-0.15, -0.1) is 10.2 Å². The standard InChI is InChI=1S/C30H37FN6O/c1-18(2)27-12-23(19(3)20(4)29-34-32-17-36(29)6)13-28(33-27)37-16-25-24(30(37)38)10-22(11-26(25)31)15-35(5)14-21-8-7-9-21/h10-13,17-18,21H,7-9,14-16H2,1-6H3/b20-19-. The Morgan fingerprint density at radius 1 is 1.16 bits per heavy atom. The van der Waals surface area contributed by atoms with Crippen LogP contribution in [0.25, 0.3) is 11.1 Å². The van der Waals surface area contributed by atoms with E-state index < -0.39 is 0 Å². The van der Waals surface area contributed by atoms with Gasteiger partial charge in [0.1, 0.15) is 18.0 Å². The van der Waals surface area contributed by atoms with Gasteiger partial charge in [0.25, 0.3) is 5.91 Å². The average molecular weight is 517 g/mol. The first-order chi connectivity index (χ1) is 18.1. The maximum Gasteiger partial charge on any atom is 0.260 e. The maximum absolute atomic E-state index is 15.3. The summed E-state index contributed by atoms with van der Waals surface area (Å²) in [4.78, 5) is 22.3. The number of pyridine rings is 1. The first kappa shape index (κ1) is 26.2. The Morgan fingerprint density at radius 3 is 2.55 bits per heavy atom. The lowest BCUT2D eigenvalue weighted by atomic mass is 9.85. The first-order valence-electron chi connectivity index (χ1n) is 13.5. The molecule has 1 aromatic carbocycles. The highest BCUT2D eigenvalue weighted by Crippen LogP contribution is 2.34. The van der Waals surface area contributed by atoms with Crippen molar-refractivity contribution in [3.63, 3.8) is 0 Å². The van der Waals surface area contributed by atoms with E-state index in [0.717, 1.165) is 46.3 Å². The van der Waals surface area contributed by atoms with Gasteiger partial charge in [-0.2, -0.15) is 0 Å². The molecule has 3 heterocycles. The zero-order valence-electron chi connectivity index (χ0n) is 23.3. The molecule has 0 unspecified atom stereocenters. The minimum Gasteiger partial charge on any atom is -0.317 e. The number of halogens is 1. The number of nitrogens with zero attached hydrogens (tertiary/aromatic N) is 6. The van der Waals surface area contributed by atoms with E-state index in [0.29, 0.717) is 23.5 Å². The topological polar surface area (TPSA) is 67.2 Å². The summed E-state index contributed by atoms with van der Waals surface area (Å²) < 4.78 is 17.2. The lowest BCUT2D eigenvalue weighted by Crippen LogP contribution is -2.29. The predicted octanol–water partition coefficient (Wildman–Crippen LogP) is 5.82. The Kier molecular flexibility index (Phi) is 7.18. The molecule has 3 aromatic rings. The van der Waals surface area contributed by atoms with Crippen LogP contribution >= 0.6 is 0 Å². The molecule has 8 heteroatoms. The van der Waals surface area contributed by atoms with Crippen molar-refractivity contribution in [1.82, 2.24) is 24.6 Å². The van der Waals surface area contributed by atoms with E-state index in [1.54, 1.807) is 17.3 Å². The molecule has 0 atom stereocenters. The lowest BCUT2D eigenvalue weighted by Gasteiger charge is -2.30. The minimum absolute atomic E-state index is 0.159. The van der Waals surface area contributed by atoms with Crippen LogP contribution in [0.15, 0.2) is 30.6 Å². The van der Waals surface area contributed by atoms with E-state index in [4.69, 9.17) is 4.98 Å². The molecular weight excluding hydrogens is 479 g/mol. The smallest absolute Gasteiger partial charge is 0.260 e. The molecule has 0 radical (unpaired) electrons. The summed E-state index contributed by atoms with van der Waals surface area (Å²) >= 11 is 0. The second-order valence-electron chi connectivity index (χ2n) is 11.3. The van der Waals surface area contributed by atoms with Crippen molar-refractivity contribution in [1.29, 1.82) is 0 Å². The number of aromatic nitrogens is 4. The van der Waals surface area contributed by atoms with Gasteiger partial charge in [-0.25, -0.2) is 9.37 Å². The highest BCUT2D eigenvalue weighted by Gasteiger charge is 2.33. The normalized spacial score (nSPS) is 16.3. The van der Waals surface area contributed by atoms with Crippen LogP contribution in [0.1, 0.15) is 91.4 Å². The number of fused-ring (bicyclic) bond motifs is 1. The van der Waals surface area contributed by atoms with Crippen molar-refractivity contribution in [3.8, 4) is 0 Å². The van der Waals surface area contributed by atoms with Gasteiger partial charge in [-0.3, -0.25) is 9.69 Å². The van der Waals surface area contributed by atoms with Gasteiger partial charge in [0.05, 0.1) is 6.54 Å². The van der Waals surface area contributed by atoms with Crippen LogP contribution in [0, 0.1) is 11.7 Å². The van der Waals surface area contributed by atoms with E-state index in [-0.39, 0.29) is 24.2 Å². The molecule has 1 fully saturated rings. The Bertz CT molecular complexity index is 1400. The summed E-state index contributed by atoms with van der Waals surface area (Å²) in [7, 11) is 3.98. The van der Waals surface area contributed by atoms with E-state index in [9.17, 15) is 4.79 Å². The zero-order valence-corrected chi connectivity index (χ0v) is 23.3. The SMILES string of the molecule is C/C(=C(\C)c1nncn1C)c1cc(C(C)C)nc(N2Cc3c(F)cc(CN(C)CC4CCC4)cc3C2=O)c1. The third-order valence-corrected chi connectivity index (χ3v) is 8.04. The second kappa shape index (κ2) is 10.4. The molecule has 38 heavy (non-hydrogen) atoms. The Hall–Kier alpha value is -3.39. The molecule has 2 aliphatic rings. The number of carbonyl (C=O) groups excluding carboxylic acids is 1. The number of allylic oxidation sites excluding steroid dienone is 2. The fourth-order valence-corrected chi connectivity index (χ4v) is 5.38. The van der Waals surface area contributed by atoms with Gasteiger partial charge in [0, 0.05) is 37.0 Å². The minimum atomic E-state index is -0.320. The number of rotatable bonds is 8. The van der Waals surface area contributed by atoms with Crippen LogP contribution in [-0.4, -0.2) is 44.1 Å². The molecular formula is C30H37FN6O. The first-order valence-corrected chi connectivity index (χ1v) is 13.5. The Morgan fingerprint density at radius 2 is 1.92 bits per heavy atom. The van der Waals surface area contributed by atoms with Crippen LogP contribution in [0.5, 0.6) is 0 Å². The highest BCUT2D eigenvalue weighted by molar-refractivity contribution is 6.10. The van der Waals surface area contributed by atoms with Crippen LogP contribution in [0.3, 0.4) is 0 Å². The number of amides is 1. The summed E-state index contributed by atoms with van der Waals surface area (Å²) in [6.45, 7) is 10.0. The summed E-state index contributed by atoms with van der Waals surface area (Å²) in [5, 5.41) is 8.26. The second-order valence-corrected chi connectivity index (χ2v) is 11.3. The Labute approximate surface area is 224 Å². The van der Waals surface area contributed by atoms with E-state index >= 15 is 4.39 Å². The van der Waals surface area contributed by atoms with Crippen molar-refractivity contribution in [2.75, 3.05) is 18.5 Å². The molecule has 0 spiro atoms. The number of benzene rings is 1. The van der Waals surface area contributed by atoms with Gasteiger partial charge in [-0.1, -0.05) is 20.3 Å². The van der Waals surface area contributed by atoms with E-state index in [1.165, 1.54) is 19.3 Å². The van der Waals surface area contributed by atoms with Gasteiger partial charge in [-0.05, 0) is 92.1 Å². The maximum atomic E-state index is 15.3. The molecule has 0 saturated heterocycles. The van der Waals surface area contributed by atoms with Gasteiger partial charge >= 0.3 is 0 Å². The van der Waals surface area contributed by atoms with Crippen molar-refractivity contribution in [2.24, 2.45) is 13.0 Å². The molecule has 1 aliphatic carbocycles. The predicted molar refractivity (Wildman–Crippen MR) is 148 cm³/mol. The molecule has 0 N–H and O–H groups in total. The Balaban J connectivity index is 1.46. The van der Waals surface area contributed by atoms with Gasteiger partial charge < -0.3 is 9.47 Å². The summed E-state index contributed by atoms with van der Waals surface area (Å²) in [6.07, 6.45) is 5.53. The average Bonchev–Trinajstić information content (AvgIpc) is 3.43. The molecule has 7 nitrogen and oxygen atoms in total. The lowest BCUT2D eigenvalue weighted by molar-refractivity contribution is 0.0995. The van der Waals surface area contributed by atoms with Crippen molar-refractivity contribution < 1.29 is 9.18 Å². The highest BCUT2D eigenvalue weighted by atomic mass is 19.1. The number of aryl methyl sites for hydroxylation is 1. The van der Waals surface area contributed by atoms with Gasteiger partial charge in [0.15, 0.2) is 5.82 Å². The van der Waals surface area contributed by atoms with E-state index in [1.807, 2.05) is 37.6 Å². The number of hydrogen-bond acceptors (Lipinski definition) is 5. The third-order valence-electron chi connectivity index (χ3n) is 8.04. The molecule has 1 saturated carbocycles. The van der Waals surface area contributed by atoms with Crippen LogP contribution < -0.4 is 4.90 Å². The molecule has 2 aromatic heterocycles. The molecule has 200 valence electrons. The van der Waals surface area contributed by atoms with Crippen molar-refractivity contribution in [3.05, 3.63) is 70.2 Å². The largest absolute Gasteiger partial charge is 0.317 e. The summed E-state index contributed by atoms with van der Waals surface area (Å²) in [6, 6.07) is 7.45. The summed E-state index contributed by atoms with van der Waals surface area (Å²) in [5.74, 6) is 1.70. The molecule has 0 bridgehead atoms. The monoisotopic (exact) mass is 516 g/mol. The number of anilines is 1. The fraction of sp³-hybridized carbons (Fsp3) is 0.467. The van der Waals surface area contributed by atoms with Crippen LogP contribution in [0.4, 0.5) is 10.2 Å². The number of hydrogen-bond donors (Lipinski definition) is 0. The molecule has 5 rings (SSSR count). The van der Waals surface area contributed by atoms with Crippen molar-refractivity contribution in [2.45, 2.75) is 66.0 Å². The summed E-state index contributed by atoms with van der Waals surface area (Å²) in [5.41, 5.74) is 5.58.